The Balaban J connectivity index is 1.64. The fraction of sp³-hybridized carbons (Fsp3) is 0.286. The van der Waals surface area contributed by atoms with Crippen LogP contribution in [0.2, 0.25) is 0 Å². The van der Waals surface area contributed by atoms with Gasteiger partial charge < -0.3 is 19.4 Å². The molecule has 8 heteroatoms. The Labute approximate surface area is 168 Å². The van der Waals surface area contributed by atoms with Crippen LogP contribution in [-0.2, 0) is 13.0 Å². The van der Waals surface area contributed by atoms with E-state index in [9.17, 15) is 9.18 Å². The summed E-state index contributed by atoms with van der Waals surface area (Å²) in [5.41, 5.74) is 2.31. The number of hydrogen-bond acceptors (Lipinski definition) is 5. The highest BCUT2D eigenvalue weighted by molar-refractivity contribution is 5.96. The number of hydrogen-bond donors (Lipinski definition) is 1. The van der Waals surface area contributed by atoms with Gasteiger partial charge in [0.2, 0.25) is 11.8 Å². The maximum atomic E-state index is 13.1. The second-order valence-corrected chi connectivity index (χ2v) is 6.44. The molecule has 1 aromatic carbocycles. The van der Waals surface area contributed by atoms with Crippen molar-refractivity contribution in [1.82, 2.24) is 19.9 Å². The Morgan fingerprint density at radius 2 is 1.90 bits per heavy atom. The standard InChI is InChI=1S/C21H23FN4O3/c1-14-12-24-18(26(14)13-15-4-6-16(22)7-5-15)10-11-23-20(27)17-8-9-19(28-2)25-21(17)29-3/h4-9,12H,10-11,13H2,1-3H3,(H,23,27). The van der Waals surface area contributed by atoms with Gasteiger partial charge in [-0.15, -0.1) is 0 Å². The van der Waals surface area contributed by atoms with Crippen molar-refractivity contribution in [2.45, 2.75) is 19.9 Å². The van der Waals surface area contributed by atoms with E-state index in [2.05, 4.69) is 19.9 Å². The van der Waals surface area contributed by atoms with Gasteiger partial charge in [0.25, 0.3) is 5.91 Å². The van der Waals surface area contributed by atoms with Gasteiger partial charge in [-0.1, -0.05) is 12.1 Å². The van der Waals surface area contributed by atoms with Crippen LogP contribution in [0.3, 0.4) is 0 Å². The number of rotatable bonds is 8. The zero-order valence-corrected chi connectivity index (χ0v) is 16.6. The molecular formula is C21H23FN4O3. The van der Waals surface area contributed by atoms with Gasteiger partial charge in [-0.05, 0) is 30.7 Å². The molecule has 0 bridgehead atoms. The highest BCUT2D eigenvalue weighted by Gasteiger charge is 2.15. The molecule has 2 heterocycles. The van der Waals surface area contributed by atoms with Crippen molar-refractivity contribution in [3.05, 3.63) is 71.1 Å². The van der Waals surface area contributed by atoms with E-state index in [1.165, 1.54) is 26.4 Å². The minimum absolute atomic E-state index is 0.204. The van der Waals surface area contributed by atoms with Crippen LogP contribution in [0, 0.1) is 12.7 Å². The molecule has 0 saturated carbocycles. The number of nitrogens with zero attached hydrogens (tertiary/aromatic N) is 3. The highest BCUT2D eigenvalue weighted by atomic mass is 19.1. The third kappa shape index (κ3) is 4.90. The third-order valence-electron chi connectivity index (χ3n) is 4.51. The van der Waals surface area contributed by atoms with Gasteiger partial charge in [-0.25, -0.2) is 9.37 Å². The monoisotopic (exact) mass is 398 g/mol. The topological polar surface area (TPSA) is 78.3 Å². The molecule has 0 unspecified atom stereocenters. The number of imidazole rings is 1. The minimum atomic E-state index is -0.287. The molecule has 29 heavy (non-hydrogen) atoms. The van der Waals surface area contributed by atoms with Crippen molar-refractivity contribution >= 4 is 5.91 Å². The Morgan fingerprint density at radius 1 is 1.14 bits per heavy atom. The predicted octanol–water partition coefficient (Wildman–Crippen LogP) is 2.76. The molecule has 3 rings (SSSR count). The number of aromatic nitrogens is 3. The van der Waals surface area contributed by atoms with Crippen LogP contribution in [0.5, 0.6) is 11.8 Å². The van der Waals surface area contributed by atoms with Crippen LogP contribution in [-0.4, -0.2) is 41.2 Å². The number of nitrogens with one attached hydrogen (secondary N) is 1. The lowest BCUT2D eigenvalue weighted by atomic mass is 10.2. The molecule has 0 aliphatic carbocycles. The average Bonchev–Trinajstić information content (AvgIpc) is 3.08. The molecule has 0 atom stereocenters. The Morgan fingerprint density at radius 3 is 2.59 bits per heavy atom. The summed E-state index contributed by atoms with van der Waals surface area (Å²) in [5, 5.41) is 2.86. The van der Waals surface area contributed by atoms with Crippen molar-refractivity contribution in [3.8, 4) is 11.8 Å². The van der Waals surface area contributed by atoms with E-state index < -0.39 is 0 Å². The van der Waals surface area contributed by atoms with Crippen molar-refractivity contribution in [1.29, 1.82) is 0 Å². The van der Waals surface area contributed by atoms with Gasteiger partial charge in [0.15, 0.2) is 0 Å². The van der Waals surface area contributed by atoms with Gasteiger partial charge in [-0.3, -0.25) is 4.79 Å². The second kappa shape index (κ2) is 9.18. The summed E-state index contributed by atoms with van der Waals surface area (Å²) in [6.07, 6.45) is 2.34. The number of methoxy groups -OCH3 is 2. The summed E-state index contributed by atoms with van der Waals surface area (Å²) in [6, 6.07) is 9.61. The molecule has 0 aliphatic heterocycles. The van der Waals surface area contributed by atoms with Crippen molar-refractivity contribution in [3.63, 3.8) is 0 Å². The second-order valence-electron chi connectivity index (χ2n) is 6.44. The lowest BCUT2D eigenvalue weighted by molar-refractivity contribution is 0.0950. The maximum Gasteiger partial charge on any atom is 0.256 e. The zero-order valence-electron chi connectivity index (χ0n) is 16.6. The fourth-order valence-corrected chi connectivity index (χ4v) is 2.95. The van der Waals surface area contributed by atoms with Crippen LogP contribution in [0.4, 0.5) is 4.39 Å². The molecule has 0 fully saturated rings. The maximum absolute atomic E-state index is 13.1. The van der Waals surface area contributed by atoms with E-state index in [0.717, 1.165) is 17.1 Å². The first-order valence-electron chi connectivity index (χ1n) is 9.14. The van der Waals surface area contributed by atoms with Gasteiger partial charge in [0, 0.05) is 37.5 Å². The van der Waals surface area contributed by atoms with E-state index in [0.29, 0.717) is 31.0 Å². The van der Waals surface area contributed by atoms with Gasteiger partial charge >= 0.3 is 0 Å². The van der Waals surface area contributed by atoms with Gasteiger partial charge in [0.05, 0.1) is 14.2 Å². The molecule has 1 N–H and O–H groups in total. The zero-order chi connectivity index (χ0) is 20.8. The van der Waals surface area contributed by atoms with Crippen LogP contribution in [0.1, 0.15) is 27.4 Å². The lowest BCUT2D eigenvalue weighted by Crippen LogP contribution is -2.27. The number of aryl methyl sites for hydroxylation is 1. The summed E-state index contributed by atoms with van der Waals surface area (Å²) in [5.74, 6) is 0.868. The van der Waals surface area contributed by atoms with E-state index >= 15 is 0 Å². The number of ether oxygens (including phenoxy) is 2. The van der Waals surface area contributed by atoms with E-state index in [1.54, 1.807) is 30.5 Å². The fourth-order valence-electron chi connectivity index (χ4n) is 2.95. The molecule has 0 aliphatic rings. The molecule has 1 amide bonds. The van der Waals surface area contributed by atoms with E-state index in [1.807, 2.05) is 6.92 Å². The molecule has 2 aromatic heterocycles. The van der Waals surface area contributed by atoms with Crippen molar-refractivity contribution in [2.24, 2.45) is 0 Å². The number of carbonyl (C=O) groups is 1. The lowest BCUT2D eigenvalue weighted by Gasteiger charge is -2.12. The van der Waals surface area contributed by atoms with Gasteiger partial charge in [-0.2, -0.15) is 4.98 Å². The molecular weight excluding hydrogens is 375 g/mol. The number of pyridine rings is 1. The Bertz CT molecular complexity index is 986. The number of benzene rings is 1. The summed E-state index contributed by atoms with van der Waals surface area (Å²) in [4.78, 5) is 21.1. The number of carbonyl (C=O) groups excluding carboxylic acids is 1. The van der Waals surface area contributed by atoms with Crippen molar-refractivity contribution in [2.75, 3.05) is 20.8 Å². The Hall–Kier alpha value is -3.42. The number of amides is 1. The summed E-state index contributed by atoms with van der Waals surface area (Å²) in [7, 11) is 2.95. The minimum Gasteiger partial charge on any atom is -0.481 e. The molecule has 3 aromatic rings. The third-order valence-corrected chi connectivity index (χ3v) is 4.51. The summed E-state index contributed by atoms with van der Waals surface area (Å²) < 4.78 is 25.4. The van der Waals surface area contributed by atoms with Crippen LogP contribution < -0.4 is 14.8 Å². The molecule has 0 spiro atoms. The summed E-state index contributed by atoms with van der Waals surface area (Å²) >= 11 is 0. The molecule has 0 radical (unpaired) electrons. The van der Waals surface area contributed by atoms with Crippen LogP contribution in [0.25, 0.3) is 0 Å². The number of halogens is 1. The van der Waals surface area contributed by atoms with Crippen molar-refractivity contribution < 1.29 is 18.7 Å². The Kier molecular flexibility index (Phi) is 6.43. The normalized spacial score (nSPS) is 10.6. The van der Waals surface area contributed by atoms with Gasteiger partial charge in [0.1, 0.15) is 17.2 Å². The quantitative estimate of drug-likeness (QED) is 0.631. The SMILES string of the molecule is COc1ccc(C(=O)NCCc2ncc(C)n2Cc2ccc(F)cc2)c(OC)n1. The molecule has 7 nitrogen and oxygen atoms in total. The molecule has 0 saturated heterocycles. The van der Waals surface area contributed by atoms with Crippen LogP contribution in [0.15, 0.2) is 42.6 Å². The first-order valence-corrected chi connectivity index (χ1v) is 9.14. The summed E-state index contributed by atoms with van der Waals surface area (Å²) in [6.45, 7) is 2.95. The molecule has 152 valence electrons. The predicted molar refractivity (Wildman–Crippen MR) is 106 cm³/mol. The first-order chi connectivity index (χ1) is 14.0. The smallest absolute Gasteiger partial charge is 0.256 e. The first kappa shape index (κ1) is 20.3. The van der Waals surface area contributed by atoms with Crippen LogP contribution >= 0.6 is 0 Å². The van der Waals surface area contributed by atoms with E-state index in [-0.39, 0.29) is 17.6 Å². The largest absolute Gasteiger partial charge is 0.481 e. The average molecular weight is 398 g/mol. The van der Waals surface area contributed by atoms with E-state index in [4.69, 9.17) is 9.47 Å². The highest BCUT2D eigenvalue weighted by Crippen LogP contribution is 2.19.